The van der Waals surface area contributed by atoms with Crippen LogP contribution < -0.4 is 5.32 Å². The highest BCUT2D eigenvalue weighted by atomic mass is 32.2. The number of nitrogens with one attached hydrogen (secondary N) is 1. The van der Waals surface area contributed by atoms with E-state index in [4.69, 9.17) is 0 Å². The van der Waals surface area contributed by atoms with Gasteiger partial charge >= 0.3 is 0 Å². The van der Waals surface area contributed by atoms with E-state index in [0.29, 0.717) is 18.0 Å². The predicted octanol–water partition coefficient (Wildman–Crippen LogP) is 1.07. The molecule has 0 saturated carbocycles. The molecule has 0 bridgehead atoms. The van der Waals surface area contributed by atoms with Crippen molar-refractivity contribution in [2.45, 2.75) is 39.3 Å². The Morgan fingerprint density at radius 2 is 2.12 bits per heavy atom. The summed E-state index contributed by atoms with van der Waals surface area (Å²) in [5.41, 5.74) is 0. The maximum Gasteiger partial charge on any atom is 0.0246 e. The van der Waals surface area contributed by atoms with Gasteiger partial charge in [-0.15, -0.1) is 0 Å². The highest BCUT2D eigenvalue weighted by Crippen LogP contribution is 2.17. The second-order valence-corrected chi connectivity index (χ2v) is 6.72. The fourth-order valence-corrected chi connectivity index (χ4v) is 3.08. The summed E-state index contributed by atoms with van der Waals surface area (Å²) in [5.74, 6) is 1.51. The lowest BCUT2D eigenvalue weighted by Crippen LogP contribution is -2.56. The second-order valence-electron chi connectivity index (χ2n) is 5.17. The van der Waals surface area contributed by atoms with Gasteiger partial charge in [-0.25, -0.2) is 0 Å². The largest absolute Gasteiger partial charge is 0.314 e. The molecule has 3 unspecified atom stereocenters. The summed E-state index contributed by atoms with van der Waals surface area (Å²) in [4.78, 5) is 2.59. The second kappa shape index (κ2) is 6.72. The lowest BCUT2D eigenvalue weighted by molar-refractivity contribution is 0.0831. The molecular formula is C12H26N2OS. The van der Waals surface area contributed by atoms with Gasteiger partial charge in [-0.2, -0.15) is 0 Å². The van der Waals surface area contributed by atoms with E-state index >= 15 is 0 Å². The molecule has 1 aliphatic rings. The van der Waals surface area contributed by atoms with Crippen molar-refractivity contribution >= 4 is 10.8 Å². The summed E-state index contributed by atoms with van der Waals surface area (Å²) >= 11 is 0. The summed E-state index contributed by atoms with van der Waals surface area (Å²) in [6.45, 7) is 10.2. The normalized spacial score (nSPS) is 26.9. The molecule has 0 spiro atoms. The summed E-state index contributed by atoms with van der Waals surface area (Å²) in [6.07, 6.45) is 2.84. The van der Waals surface area contributed by atoms with Gasteiger partial charge in [0.05, 0.1) is 0 Å². The van der Waals surface area contributed by atoms with Gasteiger partial charge < -0.3 is 5.32 Å². The molecule has 4 heteroatoms. The average Bonchev–Trinajstić information content (AvgIpc) is 2.25. The minimum Gasteiger partial charge on any atom is -0.314 e. The number of hydrogen-bond donors (Lipinski definition) is 1. The molecule has 0 radical (unpaired) electrons. The minimum absolute atomic E-state index is 0.554. The standard InChI is InChI=1S/C12H26N2OS/c1-10(2)12-9-13-6-7-14(12)11(3)5-8-16(4)15/h10-13H,5-9H2,1-4H3. The Morgan fingerprint density at radius 1 is 1.44 bits per heavy atom. The zero-order valence-corrected chi connectivity index (χ0v) is 11.8. The van der Waals surface area contributed by atoms with Crippen molar-refractivity contribution in [1.82, 2.24) is 10.2 Å². The molecule has 3 atom stereocenters. The highest BCUT2D eigenvalue weighted by Gasteiger charge is 2.28. The lowest BCUT2D eigenvalue weighted by Gasteiger charge is -2.42. The minimum atomic E-state index is -0.655. The molecule has 1 rings (SSSR count). The number of nitrogens with zero attached hydrogens (tertiary/aromatic N) is 1. The van der Waals surface area contributed by atoms with Crippen LogP contribution in [0.1, 0.15) is 27.2 Å². The molecule has 0 aromatic carbocycles. The van der Waals surface area contributed by atoms with Gasteiger partial charge in [0.1, 0.15) is 0 Å². The quantitative estimate of drug-likeness (QED) is 0.788. The molecule has 1 N–H and O–H groups in total. The van der Waals surface area contributed by atoms with Crippen LogP contribution in [0.25, 0.3) is 0 Å². The van der Waals surface area contributed by atoms with Gasteiger partial charge in [-0.3, -0.25) is 9.11 Å². The summed E-state index contributed by atoms with van der Waals surface area (Å²) in [7, 11) is -0.655. The Labute approximate surface area is 102 Å². The van der Waals surface area contributed by atoms with E-state index in [2.05, 4.69) is 31.0 Å². The molecule has 96 valence electrons. The fourth-order valence-electron chi connectivity index (χ4n) is 2.41. The third-order valence-corrected chi connectivity index (χ3v) is 4.30. The molecule has 0 amide bonds. The first-order valence-electron chi connectivity index (χ1n) is 6.29. The van der Waals surface area contributed by atoms with Gasteiger partial charge in [-0.1, -0.05) is 13.8 Å². The van der Waals surface area contributed by atoms with Crippen molar-refractivity contribution < 1.29 is 4.21 Å². The van der Waals surface area contributed by atoms with Gasteiger partial charge in [0.15, 0.2) is 0 Å². The summed E-state index contributed by atoms with van der Waals surface area (Å²) < 4.78 is 11.1. The zero-order valence-electron chi connectivity index (χ0n) is 11.0. The molecule has 0 aromatic rings. The van der Waals surface area contributed by atoms with Crippen LogP contribution in [0.2, 0.25) is 0 Å². The van der Waals surface area contributed by atoms with Crippen molar-refractivity contribution in [1.29, 1.82) is 0 Å². The Balaban J connectivity index is 2.50. The van der Waals surface area contributed by atoms with Crippen LogP contribution in [0, 0.1) is 5.92 Å². The molecule has 1 aliphatic heterocycles. The van der Waals surface area contributed by atoms with Crippen molar-refractivity contribution in [3.8, 4) is 0 Å². The van der Waals surface area contributed by atoms with Crippen molar-refractivity contribution in [2.75, 3.05) is 31.6 Å². The van der Waals surface area contributed by atoms with Gasteiger partial charge in [0.2, 0.25) is 0 Å². The maximum atomic E-state index is 11.1. The van der Waals surface area contributed by atoms with E-state index in [1.807, 2.05) is 0 Å². The van der Waals surface area contributed by atoms with E-state index in [0.717, 1.165) is 31.8 Å². The topological polar surface area (TPSA) is 32.3 Å². The monoisotopic (exact) mass is 246 g/mol. The van der Waals surface area contributed by atoms with Crippen molar-refractivity contribution in [2.24, 2.45) is 5.92 Å². The Hall–Kier alpha value is 0.0700. The molecule has 0 aromatic heterocycles. The first kappa shape index (κ1) is 14.1. The first-order valence-corrected chi connectivity index (χ1v) is 8.01. The van der Waals surface area contributed by atoms with Gasteiger partial charge in [0.25, 0.3) is 0 Å². The van der Waals surface area contributed by atoms with Gasteiger partial charge in [0, 0.05) is 54.5 Å². The number of hydrogen-bond acceptors (Lipinski definition) is 3. The summed E-state index contributed by atoms with van der Waals surface area (Å²) in [5, 5.41) is 3.46. The van der Waals surface area contributed by atoms with E-state index in [1.54, 1.807) is 6.26 Å². The predicted molar refractivity (Wildman–Crippen MR) is 71.2 cm³/mol. The van der Waals surface area contributed by atoms with Gasteiger partial charge in [-0.05, 0) is 19.3 Å². The maximum absolute atomic E-state index is 11.1. The summed E-state index contributed by atoms with van der Waals surface area (Å²) in [6, 6.07) is 1.19. The molecule has 1 saturated heterocycles. The van der Waals surface area contributed by atoms with Crippen LogP contribution >= 0.6 is 0 Å². The van der Waals surface area contributed by atoms with Crippen LogP contribution in [-0.4, -0.2) is 52.8 Å². The van der Waals surface area contributed by atoms with E-state index in [-0.39, 0.29) is 0 Å². The van der Waals surface area contributed by atoms with Crippen LogP contribution in [-0.2, 0) is 10.8 Å². The Bertz CT molecular complexity index is 233. The van der Waals surface area contributed by atoms with E-state index in [1.165, 1.54) is 0 Å². The third-order valence-electron chi connectivity index (χ3n) is 3.49. The molecule has 3 nitrogen and oxygen atoms in total. The first-order chi connectivity index (χ1) is 7.52. The molecule has 1 fully saturated rings. The average molecular weight is 246 g/mol. The van der Waals surface area contributed by atoms with Crippen molar-refractivity contribution in [3.63, 3.8) is 0 Å². The highest BCUT2D eigenvalue weighted by molar-refractivity contribution is 7.84. The van der Waals surface area contributed by atoms with Crippen LogP contribution in [0.15, 0.2) is 0 Å². The third kappa shape index (κ3) is 4.15. The molecule has 16 heavy (non-hydrogen) atoms. The molecule has 1 heterocycles. The molecule has 0 aliphatic carbocycles. The number of rotatable bonds is 5. The SMILES string of the molecule is CC(C)C1CNCCN1C(C)CCS(C)=O. The smallest absolute Gasteiger partial charge is 0.0246 e. The Morgan fingerprint density at radius 3 is 2.69 bits per heavy atom. The van der Waals surface area contributed by atoms with E-state index in [9.17, 15) is 4.21 Å². The lowest BCUT2D eigenvalue weighted by atomic mass is 9.98. The molecular weight excluding hydrogens is 220 g/mol. The zero-order chi connectivity index (χ0) is 12.1. The van der Waals surface area contributed by atoms with Crippen LogP contribution in [0.5, 0.6) is 0 Å². The Kier molecular flexibility index (Phi) is 5.94. The van der Waals surface area contributed by atoms with Crippen LogP contribution in [0.4, 0.5) is 0 Å². The van der Waals surface area contributed by atoms with Crippen molar-refractivity contribution in [3.05, 3.63) is 0 Å². The van der Waals surface area contributed by atoms with Crippen LogP contribution in [0.3, 0.4) is 0 Å². The fraction of sp³-hybridized carbons (Fsp3) is 1.00. The number of piperazine rings is 1. The van der Waals surface area contributed by atoms with E-state index < -0.39 is 10.8 Å².